The van der Waals surface area contributed by atoms with Crippen LogP contribution in [-0.4, -0.2) is 38.8 Å². The lowest BCUT2D eigenvalue weighted by Crippen LogP contribution is -2.38. The number of carbonyl (C=O) groups is 1. The summed E-state index contributed by atoms with van der Waals surface area (Å²) in [5.41, 5.74) is 2.28. The predicted molar refractivity (Wildman–Crippen MR) is 77.4 cm³/mol. The van der Waals surface area contributed by atoms with Crippen molar-refractivity contribution in [3.63, 3.8) is 0 Å². The molecule has 1 aromatic rings. The van der Waals surface area contributed by atoms with Crippen LogP contribution >= 0.6 is 0 Å². The number of hydrogen-bond acceptors (Lipinski definition) is 3. The minimum Gasteiger partial charge on any atom is -0.481 e. The summed E-state index contributed by atoms with van der Waals surface area (Å²) < 4.78 is 1.94. The van der Waals surface area contributed by atoms with Gasteiger partial charge in [-0.15, -0.1) is 0 Å². The minimum atomic E-state index is -0.683. The Morgan fingerprint density at radius 1 is 1.60 bits per heavy atom. The molecule has 0 bridgehead atoms. The van der Waals surface area contributed by atoms with E-state index in [1.807, 2.05) is 18.7 Å². The largest absolute Gasteiger partial charge is 0.481 e. The average Bonchev–Trinajstić information content (AvgIpc) is 2.67. The summed E-state index contributed by atoms with van der Waals surface area (Å²) in [6, 6.07) is 2.13. The molecule has 0 spiro atoms. The molecule has 5 nitrogen and oxygen atoms in total. The number of rotatable bonds is 5. The summed E-state index contributed by atoms with van der Waals surface area (Å²) in [5.74, 6) is 0.0645. The summed E-state index contributed by atoms with van der Waals surface area (Å²) >= 11 is 0. The van der Waals surface area contributed by atoms with E-state index < -0.39 is 5.97 Å². The zero-order chi connectivity index (χ0) is 14.7. The monoisotopic (exact) mass is 279 g/mol. The highest BCUT2D eigenvalue weighted by atomic mass is 16.4. The van der Waals surface area contributed by atoms with Gasteiger partial charge >= 0.3 is 5.97 Å². The van der Waals surface area contributed by atoms with E-state index in [4.69, 9.17) is 5.11 Å². The number of carboxylic acid groups (broad SMARTS) is 1. The van der Waals surface area contributed by atoms with Crippen molar-refractivity contribution in [1.29, 1.82) is 0 Å². The van der Waals surface area contributed by atoms with E-state index >= 15 is 0 Å². The molecule has 2 atom stereocenters. The normalized spacial score (nSPS) is 21.9. The van der Waals surface area contributed by atoms with Gasteiger partial charge in [-0.05, 0) is 44.2 Å². The zero-order valence-electron chi connectivity index (χ0n) is 12.7. The van der Waals surface area contributed by atoms with Crippen LogP contribution in [0.1, 0.15) is 37.6 Å². The van der Waals surface area contributed by atoms with E-state index in [9.17, 15) is 4.79 Å². The number of aryl methyl sites for hydroxylation is 2. The average molecular weight is 279 g/mol. The molecule has 0 radical (unpaired) electrons. The highest BCUT2D eigenvalue weighted by Gasteiger charge is 2.26. The van der Waals surface area contributed by atoms with Gasteiger partial charge in [0.2, 0.25) is 0 Å². The minimum absolute atomic E-state index is 0.253. The molecule has 5 heteroatoms. The van der Waals surface area contributed by atoms with Crippen LogP contribution < -0.4 is 0 Å². The second-order valence-corrected chi connectivity index (χ2v) is 6.11. The standard InChI is InChI=1S/C15H25N3O2/c1-11(7-15(19)20)13-5-4-6-18(9-13)10-14-8-12(2)16-17(14)3/h8,11,13H,4-7,9-10H2,1-3H3,(H,19,20). The van der Waals surface area contributed by atoms with Crippen LogP contribution in [0.15, 0.2) is 6.07 Å². The molecule has 2 heterocycles. The molecule has 2 rings (SSSR count). The lowest BCUT2D eigenvalue weighted by molar-refractivity contribution is -0.138. The van der Waals surface area contributed by atoms with Crippen LogP contribution in [0.4, 0.5) is 0 Å². The Kier molecular flexibility index (Phi) is 4.81. The first-order valence-corrected chi connectivity index (χ1v) is 7.39. The first kappa shape index (κ1) is 15.0. The first-order chi connectivity index (χ1) is 9.45. The lowest BCUT2D eigenvalue weighted by Gasteiger charge is -2.35. The fourth-order valence-corrected chi connectivity index (χ4v) is 3.18. The number of carboxylic acids is 1. The van der Waals surface area contributed by atoms with E-state index in [1.54, 1.807) is 0 Å². The van der Waals surface area contributed by atoms with Gasteiger partial charge in [-0.1, -0.05) is 6.92 Å². The molecule has 0 aliphatic carbocycles. The molecule has 0 aromatic carbocycles. The van der Waals surface area contributed by atoms with E-state index in [0.717, 1.165) is 38.2 Å². The summed E-state index contributed by atoms with van der Waals surface area (Å²) in [6.07, 6.45) is 2.59. The number of aromatic nitrogens is 2. The third-order valence-electron chi connectivity index (χ3n) is 4.33. The summed E-state index contributed by atoms with van der Waals surface area (Å²) in [4.78, 5) is 13.3. The molecule has 112 valence electrons. The van der Waals surface area contributed by atoms with Crippen LogP contribution in [0.2, 0.25) is 0 Å². The Balaban J connectivity index is 1.93. The number of nitrogens with zero attached hydrogens (tertiary/aromatic N) is 3. The fraction of sp³-hybridized carbons (Fsp3) is 0.733. The van der Waals surface area contributed by atoms with Crippen LogP contribution in [0.25, 0.3) is 0 Å². The molecule has 1 fully saturated rings. The lowest BCUT2D eigenvalue weighted by atomic mass is 9.84. The maximum Gasteiger partial charge on any atom is 0.303 e. The van der Waals surface area contributed by atoms with Gasteiger partial charge in [-0.3, -0.25) is 14.4 Å². The quantitative estimate of drug-likeness (QED) is 0.896. The van der Waals surface area contributed by atoms with Gasteiger partial charge in [-0.25, -0.2) is 0 Å². The third-order valence-corrected chi connectivity index (χ3v) is 4.33. The maximum absolute atomic E-state index is 10.8. The van der Waals surface area contributed by atoms with Crippen molar-refractivity contribution >= 4 is 5.97 Å². The van der Waals surface area contributed by atoms with E-state index in [1.165, 1.54) is 5.69 Å². The molecular weight excluding hydrogens is 254 g/mol. The second kappa shape index (κ2) is 6.39. The number of likely N-dealkylation sites (tertiary alicyclic amines) is 1. The van der Waals surface area contributed by atoms with Gasteiger partial charge in [0.05, 0.1) is 11.4 Å². The zero-order valence-corrected chi connectivity index (χ0v) is 12.7. The van der Waals surface area contributed by atoms with Crippen molar-refractivity contribution in [2.75, 3.05) is 13.1 Å². The van der Waals surface area contributed by atoms with Crippen LogP contribution in [0.3, 0.4) is 0 Å². The first-order valence-electron chi connectivity index (χ1n) is 7.39. The van der Waals surface area contributed by atoms with Gasteiger partial charge in [0.15, 0.2) is 0 Å². The van der Waals surface area contributed by atoms with Crippen molar-refractivity contribution < 1.29 is 9.90 Å². The smallest absolute Gasteiger partial charge is 0.303 e. The Morgan fingerprint density at radius 3 is 2.95 bits per heavy atom. The maximum atomic E-state index is 10.8. The molecule has 1 saturated heterocycles. The van der Waals surface area contributed by atoms with E-state index in [0.29, 0.717) is 5.92 Å². The van der Waals surface area contributed by atoms with Crippen molar-refractivity contribution in [2.45, 2.75) is 39.7 Å². The molecule has 1 aliphatic heterocycles. The topological polar surface area (TPSA) is 58.4 Å². The van der Waals surface area contributed by atoms with Gasteiger partial charge < -0.3 is 5.11 Å². The molecule has 20 heavy (non-hydrogen) atoms. The van der Waals surface area contributed by atoms with Crippen molar-refractivity contribution in [1.82, 2.24) is 14.7 Å². The second-order valence-electron chi connectivity index (χ2n) is 6.11. The van der Waals surface area contributed by atoms with Crippen molar-refractivity contribution in [2.24, 2.45) is 18.9 Å². The molecule has 2 unspecified atom stereocenters. The Hall–Kier alpha value is -1.36. The van der Waals surface area contributed by atoms with E-state index in [2.05, 4.69) is 23.0 Å². The van der Waals surface area contributed by atoms with Crippen molar-refractivity contribution in [3.05, 3.63) is 17.5 Å². The van der Waals surface area contributed by atoms with Crippen molar-refractivity contribution in [3.8, 4) is 0 Å². The highest BCUT2D eigenvalue weighted by Crippen LogP contribution is 2.27. The molecular formula is C15H25N3O2. The molecule has 0 amide bonds. The van der Waals surface area contributed by atoms with Crippen LogP contribution in [-0.2, 0) is 18.4 Å². The molecule has 1 N–H and O–H groups in total. The fourth-order valence-electron chi connectivity index (χ4n) is 3.18. The molecule has 1 aromatic heterocycles. The van der Waals surface area contributed by atoms with Gasteiger partial charge in [-0.2, -0.15) is 5.10 Å². The van der Waals surface area contributed by atoms with Gasteiger partial charge in [0.25, 0.3) is 0 Å². The third kappa shape index (κ3) is 3.82. The predicted octanol–water partition coefficient (Wildman–Crippen LogP) is 2.05. The number of hydrogen-bond donors (Lipinski definition) is 1. The van der Waals surface area contributed by atoms with Crippen LogP contribution in [0, 0.1) is 18.8 Å². The molecule has 0 saturated carbocycles. The Bertz CT molecular complexity index is 470. The Morgan fingerprint density at radius 2 is 2.35 bits per heavy atom. The SMILES string of the molecule is Cc1cc(CN2CCCC(C(C)CC(=O)O)C2)n(C)n1. The number of aliphatic carboxylic acids is 1. The Labute approximate surface area is 120 Å². The molecule has 1 aliphatic rings. The van der Waals surface area contributed by atoms with E-state index in [-0.39, 0.29) is 12.3 Å². The summed E-state index contributed by atoms with van der Waals surface area (Å²) in [7, 11) is 1.98. The summed E-state index contributed by atoms with van der Waals surface area (Å²) in [6.45, 7) is 7.08. The van der Waals surface area contributed by atoms with Crippen LogP contribution in [0.5, 0.6) is 0 Å². The highest BCUT2D eigenvalue weighted by molar-refractivity contribution is 5.67. The summed E-state index contributed by atoms with van der Waals surface area (Å²) in [5, 5.41) is 13.3. The number of piperidine rings is 1. The van der Waals surface area contributed by atoms with Gasteiger partial charge in [0, 0.05) is 26.6 Å². The van der Waals surface area contributed by atoms with Gasteiger partial charge in [0.1, 0.15) is 0 Å².